The number of carbonyl (C=O) groups is 2. The first-order valence-corrected chi connectivity index (χ1v) is 7.80. The third kappa shape index (κ3) is 3.94. The number of amides is 1. The second-order valence-corrected chi connectivity index (χ2v) is 5.68. The van der Waals surface area contributed by atoms with E-state index in [0.29, 0.717) is 16.9 Å². The van der Waals surface area contributed by atoms with Gasteiger partial charge in [0.25, 0.3) is 0 Å². The molecule has 0 unspecified atom stereocenters. The fraction of sp³-hybridized carbons (Fsp3) is 0.294. The minimum Gasteiger partial charge on any atom is -0.462 e. The molecule has 7 heteroatoms. The van der Waals surface area contributed by atoms with Crippen molar-refractivity contribution < 1.29 is 18.7 Å². The van der Waals surface area contributed by atoms with Gasteiger partial charge in [0.15, 0.2) is 0 Å². The van der Waals surface area contributed by atoms with Crippen molar-refractivity contribution in [3.63, 3.8) is 0 Å². The first-order valence-electron chi connectivity index (χ1n) is 7.42. The lowest BCUT2D eigenvalue weighted by Crippen LogP contribution is -2.20. The van der Waals surface area contributed by atoms with Gasteiger partial charge in [0.2, 0.25) is 5.91 Å². The van der Waals surface area contributed by atoms with Gasteiger partial charge in [0.05, 0.1) is 17.2 Å². The van der Waals surface area contributed by atoms with Gasteiger partial charge in [-0.1, -0.05) is 11.6 Å². The number of nitrogens with zero attached hydrogens (tertiary/aromatic N) is 1. The van der Waals surface area contributed by atoms with Gasteiger partial charge in [0.1, 0.15) is 12.4 Å². The molecule has 24 heavy (non-hydrogen) atoms. The number of esters is 1. The fourth-order valence-electron chi connectivity index (χ4n) is 2.38. The molecule has 5 nitrogen and oxygen atoms in total. The van der Waals surface area contributed by atoms with Crippen LogP contribution in [0.25, 0.3) is 0 Å². The van der Waals surface area contributed by atoms with Gasteiger partial charge >= 0.3 is 5.97 Å². The van der Waals surface area contributed by atoms with E-state index in [-0.39, 0.29) is 24.1 Å². The van der Waals surface area contributed by atoms with Crippen LogP contribution in [-0.4, -0.2) is 23.1 Å². The molecule has 1 aromatic carbocycles. The number of benzene rings is 1. The fourth-order valence-corrected chi connectivity index (χ4v) is 2.56. The molecule has 2 aromatic rings. The number of halogens is 2. The van der Waals surface area contributed by atoms with E-state index in [1.54, 1.807) is 31.4 Å². The number of aryl methyl sites for hydroxylation is 1. The molecule has 0 aliphatic rings. The van der Waals surface area contributed by atoms with E-state index in [9.17, 15) is 14.0 Å². The maximum Gasteiger partial charge on any atom is 0.339 e. The van der Waals surface area contributed by atoms with E-state index in [2.05, 4.69) is 5.32 Å². The molecule has 0 aliphatic heterocycles. The molecule has 0 radical (unpaired) electrons. The Hall–Kier alpha value is -2.34. The number of nitrogens with one attached hydrogen (secondary N) is 1. The topological polar surface area (TPSA) is 60.3 Å². The van der Waals surface area contributed by atoms with Gasteiger partial charge in [-0.15, -0.1) is 0 Å². The largest absolute Gasteiger partial charge is 0.462 e. The molecule has 2 rings (SSSR count). The lowest BCUT2D eigenvalue weighted by atomic mass is 10.2. The highest BCUT2D eigenvalue weighted by Gasteiger charge is 2.18. The second kappa shape index (κ2) is 7.49. The summed E-state index contributed by atoms with van der Waals surface area (Å²) in [5.74, 6) is -1.27. The van der Waals surface area contributed by atoms with E-state index in [1.807, 2.05) is 0 Å². The number of rotatable bonds is 5. The normalized spacial score (nSPS) is 10.5. The standard InChI is InChI=1S/C17H18ClFN2O3/c1-4-24-17(23)13-7-10(2)21(11(13)3)9-16(22)20-12-5-6-15(19)14(18)8-12/h5-8H,4,9H2,1-3H3,(H,20,22). The highest BCUT2D eigenvalue weighted by molar-refractivity contribution is 6.31. The smallest absolute Gasteiger partial charge is 0.339 e. The predicted molar refractivity (Wildman–Crippen MR) is 89.9 cm³/mol. The van der Waals surface area contributed by atoms with Crippen molar-refractivity contribution in [1.29, 1.82) is 0 Å². The molecular weight excluding hydrogens is 335 g/mol. The Morgan fingerprint density at radius 3 is 2.62 bits per heavy atom. The maximum absolute atomic E-state index is 13.1. The van der Waals surface area contributed by atoms with Crippen molar-refractivity contribution in [1.82, 2.24) is 4.57 Å². The summed E-state index contributed by atoms with van der Waals surface area (Å²) in [4.78, 5) is 24.1. The molecule has 1 amide bonds. The molecule has 0 atom stereocenters. The highest BCUT2D eigenvalue weighted by Crippen LogP contribution is 2.20. The van der Waals surface area contributed by atoms with Crippen LogP contribution in [-0.2, 0) is 16.1 Å². The Labute approximate surface area is 144 Å². The predicted octanol–water partition coefficient (Wildman–Crippen LogP) is 3.71. The van der Waals surface area contributed by atoms with Gasteiger partial charge in [-0.05, 0) is 45.0 Å². The molecule has 128 valence electrons. The van der Waals surface area contributed by atoms with Crippen molar-refractivity contribution in [3.05, 3.63) is 52.1 Å². The lowest BCUT2D eigenvalue weighted by molar-refractivity contribution is -0.116. The van der Waals surface area contributed by atoms with Crippen LogP contribution < -0.4 is 5.32 Å². The molecule has 0 aliphatic carbocycles. The van der Waals surface area contributed by atoms with E-state index in [0.717, 1.165) is 5.69 Å². The average Bonchev–Trinajstić information content (AvgIpc) is 2.79. The quantitative estimate of drug-likeness (QED) is 0.834. The van der Waals surface area contributed by atoms with Crippen LogP contribution in [0.1, 0.15) is 28.7 Å². The monoisotopic (exact) mass is 352 g/mol. The minimum atomic E-state index is -0.550. The summed E-state index contributed by atoms with van der Waals surface area (Å²) in [6.45, 7) is 5.60. The molecule has 0 spiro atoms. The molecule has 0 bridgehead atoms. The summed E-state index contributed by atoms with van der Waals surface area (Å²) < 4.78 is 19.9. The molecule has 0 saturated carbocycles. The van der Waals surface area contributed by atoms with Crippen LogP contribution >= 0.6 is 11.6 Å². The summed E-state index contributed by atoms with van der Waals surface area (Å²) in [7, 11) is 0. The molecule has 0 saturated heterocycles. The van der Waals surface area contributed by atoms with Crippen LogP contribution in [0.5, 0.6) is 0 Å². The van der Waals surface area contributed by atoms with Crippen molar-refractivity contribution in [2.45, 2.75) is 27.3 Å². The molecule has 1 heterocycles. The molecular formula is C17H18ClFN2O3. The Kier molecular flexibility index (Phi) is 5.62. The van der Waals surface area contributed by atoms with Crippen LogP contribution in [0.15, 0.2) is 24.3 Å². The zero-order chi connectivity index (χ0) is 17.9. The highest BCUT2D eigenvalue weighted by atomic mass is 35.5. The Morgan fingerprint density at radius 1 is 1.29 bits per heavy atom. The van der Waals surface area contributed by atoms with E-state index in [4.69, 9.17) is 16.3 Å². The molecule has 1 N–H and O–H groups in total. The third-order valence-corrected chi connectivity index (χ3v) is 3.86. The van der Waals surface area contributed by atoms with Gasteiger partial charge in [-0.25, -0.2) is 9.18 Å². The first-order chi connectivity index (χ1) is 11.3. The number of ether oxygens (including phenoxy) is 1. The summed E-state index contributed by atoms with van der Waals surface area (Å²) in [6.07, 6.45) is 0. The molecule has 0 fully saturated rings. The van der Waals surface area contributed by atoms with Crippen LogP contribution in [0, 0.1) is 19.7 Å². The van der Waals surface area contributed by atoms with Gasteiger partial charge < -0.3 is 14.6 Å². The SMILES string of the molecule is CCOC(=O)c1cc(C)n(CC(=O)Nc2ccc(F)c(Cl)c2)c1C. The Bertz CT molecular complexity index is 786. The van der Waals surface area contributed by atoms with E-state index in [1.165, 1.54) is 18.2 Å². The number of anilines is 1. The van der Waals surface area contributed by atoms with Gasteiger partial charge in [-0.2, -0.15) is 0 Å². The van der Waals surface area contributed by atoms with Crippen LogP contribution in [0.4, 0.5) is 10.1 Å². The third-order valence-electron chi connectivity index (χ3n) is 3.57. The summed E-state index contributed by atoms with van der Waals surface area (Å²) in [5, 5.41) is 2.59. The zero-order valence-electron chi connectivity index (χ0n) is 13.7. The van der Waals surface area contributed by atoms with Crippen LogP contribution in [0.2, 0.25) is 5.02 Å². The maximum atomic E-state index is 13.1. The second-order valence-electron chi connectivity index (χ2n) is 5.27. The van der Waals surface area contributed by atoms with E-state index >= 15 is 0 Å². The Balaban J connectivity index is 2.14. The number of hydrogen-bond donors (Lipinski definition) is 1. The number of carbonyl (C=O) groups excluding carboxylic acids is 2. The number of hydrogen-bond acceptors (Lipinski definition) is 3. The first kappa shape index (κ1) is 18.0. The minimum absolute atomic E-state index is 0.0199. The van der Waals surface area contributed by atoms with Crippen molar-refractivity contribution in [2.24, 2.45) is 0 Å². The zero-order valence-corrected chi connectivity index (χ0v) is 14.4. The van der Waals surface area contributed by atoms with Crippen LogP contribution in [0.3, 0.4) is 0 Å². The average molecular weight is 353 g/mol. The van der Waals surface area contributed by atoms with E-state index < -0.39 is 11.8 Å². The Morgan fingerprint density at radius 2 is 2.00 bits per heavy atom. The summed E-state index contributed by atoms with van der Waals surface area (Å²) in [5.41, 5.74) is 2.26. The lowest BCUT2D eigenvalue weighted by Gasteiger charge is -2.11. The van der Waals surface area contributed by atoms with Crippen molar-refractivity contribution in [3.8, 4) is 0 Å². The van der Waals surface area contributed by atoms with Gasteiger partial charge in [-0.3, -0.25) is 4.79 Å². The van der Waals surface area contributed by atoms with Crippen molar-refractivity contribution >= 4 is 29.2 Å². The summed E-state index contributed by atoms with van der Waals surface area (Å²) >= 11 is 5.69. The van der Waals surface area contributed by atoms with Gasteiger partial charge in [0, 0.05) is 17.1 Å². The number of aromatic nitrogens is 1. The molecule has 1 aromatic heterocycles. The summed E-state index contributed by atoms with van der Waals surface area (Å²) in [6, 6.07) is 5.64. The van der Waals surface area contributed by atoms with Crippen molar-refractivity contribution in [2.75, 3.05) is 11.9 Å².